The average Bonchev–Trinajstić information content (AvgIpc) is 3.96. The van der Waals surface area contributed by atoms with Gasteiger partial charge in [0, 0.05) is 42.2 Å². The van der Waals surface area contributed by atoms with Crippen LogP contribution in [0.5, 0.6) is 0 Å². The van der Waals surface area contributed by atoms with Crippen molar-refractivity contribution in [2.75, 3.05) is 40.4 Å². The van der Waals surface area contributed by atoms with Crippen LogP contribution in [-0.2, 0) is 19.1 Å². The number of methoxy groups -OCH3 is 2. The summed E-state index contributed by atoms with van der Waals surface area (Å²) in [5, 5.41) is 6.91. The number of pyridine rings is 2. The minimum absolute atomic E-state index is 0.141. The zero-order chi connectivity index (χ0) is 36.4. The van der Waals surface area contributed by atoms with Crippen LogP contribution in [0.2, 0.25) is 0 Å². The number of amides is 4. The second kappa shape index (κ2) is 14.5. The van der Waals surface area contributed by atoms with Gasteiger partial charge in [-0.3, -0.25) is 14.4 Å². The summed E-state index contributed by atoms with van der Waals surface area (Å²) < 4.78 is 9.15. The molecule has 268 valence electrons. The predicted molar refractivity (Wildman–Crippen MR) is 191 cm³/mol. The van der Waals surface area contributed by atoms with Gasteiger partial charge in [-0.25, -0.2) is 19.6 Å². The molecule has 2 aromatic carbocycles. The highest BCUT2D eigenvalue weighted by atomic mass is 16.5. The van der Waals surface area contributed by atoms with E-state index in [0.717, 1.165) is 52.4 Å². The molecule has 4 N–H and O–H groups in total. The lowest BCUT2D eigenvalue weighted by Crippen LogP contribution is -2.40. The van der Waals surface area contributed by atoms with Crippen LogP contribution in [0.25, 0.3) is 44.2 Å². The largest absolute Gasteiger partial charge is 0.453 e. The van der Waals surface area contributed by atoms with Crippen LogP contribution < -0.4 is 16.1 Å². The number of ether oxygens (including phenoxy) is 2. The summed E-state index contributed by atoms with van der Waals surface area (Å²) in [7, 11) is 2.49. The van der Waals surface area contributed by atoms with Crippen LogP contribution in [0, 0.1) is 0 Å². The molecule has 2 saturated heterocycles. The minimum Gasteiger partial charge on any atom is -0.453 e. The maximum absolute atomic E-state index is 13.1. The molecule has 5 heterocycles. The highest BCUT2D eigenvalue weighted by molar-refractivity contribution is 5.91. The number of hydrogen-bond acceptors (Lipinski definition) is 9. The molecule has 0 bridgehead atoms. The van der Waals surface area contributed by atoms with Crippen molar-refractivity contribution in [2.45, 2.75) is 37.8 Å². The molecule has 5 aromatic rings. The van der Waals surface area contributed by atoms with Gasteiger partial charge in [0.15, 0.2) is 0 Å². The molecule has 3 aromatic heterocycles. The molecule has 2 aliphatic rings. The van der Waals surface area contributed by atoms with E-state index in [1.165, 1.54) is 20.3 Å². The fourth-order valence-electron chi connectivity index (χ4n) is 7.12. The van der Waals surface area contributed by atoms with Gasteiger partial charge in [-0.05, 0) is 60.2 Å². The summed E-state index contributed by atoms with van der Waals surface area (Å²) in [5.41, 5.74) is 4.78. The van der Waals surface area contributed by atoms with Crippen molar-refractivity contribution in [2.24, 2.45) is 0 Å². The van der Waals surface area contributed by atoms with Gasteiger partial charge >= 0.3 is 12.2 Å². The number of carbonyl (C=O) groups is 4. The van der Waals surface area contributed by atoms with Crippen molar-refractivity contribution < 1.29 is 28.7 Å². The third-order valence-electron chi connectivity index (χ3n) is 9.73. The smallest absolute Gasteiger partial charge is 0.407 e. The van der Waals surface area contributed by atoms with Gasteiger partial charge in [0.1, 0.15) is 24.4 Å². The van der Waals surface area contributed by atoms with Crippen molar-refractivity contribution in [3.63, 3.8) is 0 Å². The maximum atomic E-state index is 13.1. The molecule has 2 unspecified atom stereocenters. The summed E-state index contributed by atoms with van der Waals surface area (Å²) in [4.78, 5) is 81.1. The number of rotatable bonds is 8. The number of hydrogen-bond donors (Lipinski definition) is 4. The molecule has 0 aliphatic carbocycles. The van der Waals surface area contributed by atoms with E-state index in [9.17, 15) is 24.0 Å². The number of aromatic amines is 2. The Hall–Kier alpha value is -6.25. The van der Waals surface area contributed by atoms with Crippen LogP contribution in [0.4, 0.5) is 9.59 Å². The Morgan fingerprint density at radius 1 is 0.750 bits per heavy atom. The van der Waals surface area contributed by atoms with E-state index in [-0.39, 0.29) is 42.4 Å². The number of likely N-dealkylation sites (tertiary alicyclic amines) is 2. The Kier molecular flexibility index (Phi) is 9.57. The Morgan fingerprint density at radius 2 is 1.37 bits per heavy atom. The van der Waals surface area contributed by atoms with Gasteiger partial charge in [0.05, 0.1) is 43.7 Å². The van der Waals surface area contributed by atoms with Crippen molar-refractivity contribution in [3.8, 4) is 22.4 Å². The molecule has 0 radical (unpaired) electrons. The lowest BCUT2D eigenvalue weighted by atomic mass is 10.00. The monoisotopic (exact) mass is 706 g/mol. The van der Waals surface area contributed by atoms with Gasteiger partial charge in [-0.15, -0.1) is 0 Å². The van der Waals surface area contributed by atoms with E-state index in [0.29, 0.717) is 42.1 Å². The molecule has 0 saturated carbocycles. The third-order valence-corrected chi connectivity index (χ3v) is 9.73. The molecule has 0 spiro atoms. The van der Waals surface area contributed by atoms with Crippen LogP contribution in [0.1, 0.15) is 49.3 Å². The van der Waals surface area contributed by atoms with Gasteiger partial charge in [0.2, 0.25) is 17.2 Å². The van der Waals surface area contributed by atoms with Gasteiger partial charge in [0.25, 0.3) is 0 Å². The number of aromatic nitrogens is 4. The van der Waals surface area contributed by atoms with E-state index in [1.54, 1.807) is 22.2 Å². The fourth-order valence-corrected chi connectivity index (χ4v) is 7.12. The zero-order valence-corrected chi connectivity index (χ0v) is 28.7. The lowest BCUT2D eigenvalue weighted by Gasteiger charge is -2.25. The molecule has 7 rings (SSSR count). The van der Waals surface area contributed by atoms with Gasteiger partial charge < -0.3 is 39.9 Å². The molecule has 2 fully saturated rings. The maximum Gasteiger partial charge on any atom is 0.407 e. The molecular formula is C37H38N8O7. The molecule has 15 heteroatoms. The highest BCUT2D eigenvalue weighted by Gasteiger charge is 2.33. The number of fused-ring (bicyclic) bond motifs is 2. The highest BCUT2D eigenvalue weighted by Crippen LogP contribution is 2.34. The SMILES string of the molecule is COC(=O)NCC(=O)N1CCCC1c1cc(=O)c2ncc(-c3ccc4cc(-c5cnc(C6CCCN6C(=O)CNC(=O)OC)[nH]5)ccc4c3)cc2[nH]1. The number of alkyl carbamates (subject to hydrolysis) is 2. The van der Waals surface area contributed by atoms with Crippen molar-refractivity contribution in [3.05, 3.63) is 82.7 Å². The summed E-state index contributed by atoms with van der Waals surface area (Å²) in [6, 6.07) is 15.1. The Balaban J connectivity index is 1.09. The first-order valence-electron chi connectivity index (χ1n) is 17.1. The topological polar surface area (TPSA) is 192 Å². The quantitative estimate of drug-likeness (QED) is 0.183. The van der Waals surface area contributed by atoms with E-state index >= 15 is 0 Å². The van der Waals surface area contributed by atoms with E-state index in [1.807, 2.05) is 30.3 Å². The first kappa shape index (κ1) is 34.2. The van der Waals surface area contributed by atoms with Gasteiger partial charge in [-0.2, -0.15) is 0 Å². The lowest BCUT2D eigenvalue weighted by molar-refractivity contribution is -0.131. The Bertz CT molecular complexity index is 2250. The van der Waals surface area contributed by atoms with Crippen molar-refractivity contribution >= 4 is 45.8 Å². The normalized spacial score (nSPS) is 17.0. The molecular weight excluding hydrogens is 668 g/mol. The Morgan fingerprint density at radius 3 is 2.04 bits per heavy atom. The zero-order valence-electron chi connectivity index (χ0n) is 28.7. The van der Waals surface area contributed by atoms with Crippen LogP contribution in [0.3, 0.4) is 0 Å². The molecule has 4 amide bonds. The van der Waals surface area contributed by atoms with Crippen LogP contribution in [0.15, 0.2) is 65.7 Å². The number of H-pyrrole nitrogens is 2. The summed E-state index contributed by atoms with van der Waals surface area (Å²) in [5.74, 6) is 0.244. The fraction of sp³-hybridized carbons (Fsp3) is 0.324. The summed E-state index contributed by atoms with van der Waals surface area (Å²) in [6.45, 7) is 0.767. The third kappa shape index (κ3) is 6.89. The Labute approximate surface area is 297 Å². The first-order valence-corrected chi connectivity index (χ1v) is 17.1. The number of nitrogens with one attached hydrogen (secondary N) is 4. The van der Waals surface area contributed by atoms with Crippen molar-refractivity contribution in [1.29, 1.82) is 0 Å². The predicted octanol–water partition coefficient (Wildman–Crippen LogP) is 4.17. The van der Waals surface area contributed by atoms with Gasteiger partial charge in [-0.1, -0.05) is 24.3 Å². The summed E-state index contributed by atoms with van der Waals surface area (Å²) >= 11 is 0. The van der Waals surface area contributed by atoms with Crippen LogP contribution >= 0.6 is 0 Å². The van der Waals surface area contributed by atoms with E-state index in [2.05, 4.69) is 52.2 Å². The van der Waals surface area contributed by atoms with Crippen LogP contribution in [-0.4, -0.2) is 94.1 Å². The molecule has 2 atom stereocenters. The standard InChI is InChI=1S/C37H38N8O7/c1-51-36(49)40-19-32(47)44-11-3-5-29(44)26-16-31(46)34-27(42-26)15-25(17-38-34)23-8-7-22-14-24(10-9-21(22)13-23)28-18-39-35(43-28)30-6-4-12-45(30)33(48)20-41-37(50)52-2/h7-10,13-18,29-30H,3-6,11-12,19-20H2,1-2H3,(H,39,43)(H,40,49)(H,41,50)(H,42,46). The van der Waals surface area contributed by atoms with E-state index < -0.39 is 12.2 Å². The number of carbonyl (C=O) groups excluding carboxylic acids is 4. The number of benzene rings is 2. The molecule has 2 aliphatic heterocycles. The summed E-state index contributed by atoms with van der Waals surface area (Å²) in [6.07, 6.45) is 5.18. The first-order chi connectivity index (χ1) is 25.2. The molecule has 52 heavy (non-hydrogen) atoms. The second-order valence-corrected chi connectivity index (χ2v) is 12.8. The number of nitrogens with zero attached hydrogens (tertiary/aromatic N) is 4. The molecule has 15 nitrogen and oxygen atoms in total. The van der Waals surface area contributed by atoms with E-state index in [4.69, 9.17) is 0 Å². The second-order valence-electron chi connectivity index (χ2n) is 12.8. The average molecular weight is 707 g/mol. The number of imidazole rings is 1. The van der Waals surface area contributed by atoms with Crippen molar-refractivity contribution in [1.82, 2.24) is 40.4 Å². The minimum atomic E-state index is -0.682.